The van der Waals surface area contributed by atoms with Gasteiger partial charge in [0, 0.05) is 12.0 Å². The molecule has 3 nitrogen and oxygen atoms in total. The minimum absolute atomic E-state index is 0.250. The van der Waals surface area contributed by atoms with Gasteiger partial charge in [-0.05, 0) is 46.3 Å². The predicted octanol–water partition coefficient (Wildman–Crippen LogP) is 1.63. The molecule has 0 saturated carbocycles. The van der Waals surface area contributed by atoms with Gasteiger partial charge in [-0.3, -0.25) is 4.79 Å². The topological polar surface area (TPSA) is 32.3 Å². The monoisotopic (exact) mass is 212 g/mol. The summed E-state index contributed by atoms with van der Waals surface area (Å²) in [5.41, 5.74) is 0. The Hall–Kier alpha value is -0.570. The van der Waals surface area contributed by atoms with Crippen molar-refractivity contribution >= 4 is 5.91 Å². The lowest BCUT2D eigenvalue weighted by molar-refractivity contribution is -0.127. The highest BCUT2D eigenvalue weighted by Crippen LogP contribution is 2.16. The van der Waals surface area contributed by atoms with Crippen LogP contribution in [0.15, 0.2) is 0 Å². The summed E-state index contributed by atoms with van der Waals surface area (Å²) >= 11 is 0. The Morgan fingerprint density at radius 2 is 2.07 bits per heavy atom. The number of hydrogen-bond donors (Lipinski definition) is 1. The van der Waals surface area contributed by atoms with E-state index in [9.17, 15) is 4.79 Å². The van der Waals surface area contributed by atoms with E-state index < -0.39 is 0 Å². The molecular weight excluding hydrogens is 188 g/mol. The molecule has 3 heteroatoms. The van der Waals surface area contributed by atoms with Gasteiger partial charge in [0.15, 0.2) is 0 Å². The van der Waals surface area contributed by atoms with E-state index in [0.29, 0.717) is 6.04 Å². The standard InChI is InChI=1S/C12H24N2O/c1-4-5-10(2)13-12(15)11-6-8-14(3)9-7-11/h10-11H,4-9H2,1-3H3,(H,13,15)/t10-/m1/s1. The van der Waals surface area contributed by atoms with Crippen LogP contribution >= 0.6 is 0 Å². The highest BCUT2D eigenvalue weighted by Gasteiger charge is 2.23. The van der Waals surface area contributed by atoms with Gasteiger partial charge >= 0.3 is 0 Å². The predicted molar refractivity (Wildman–Crippen MR) is 62.7 cm³/mol. The summed E-state index contributed by atoms with van der Waals surface area (Å²) in [4.78, 5) is 14.2. The molecule has 0 aromatic carbocycles. The van der Waals surface area contributed by atoms with Gasteiger partial charge in [0.1, 0.15) is 0 Å². The maximum Gasteiger partial charge on any atom is 0.223 e. The Bertz CT molecular complexity index is 198. The van der Waals surface area contributed by atoms with E-state index in [1.807, 2.05) is 0 Å². The first-order valence-corrected chi connectivity index (χ1v) is 6.12. The average Bonchev–Trinajstić information content (AvgIpc) is 2.18. The van der Waals surface area contributed by atoms with Crippen LogP contribution in [0.4, 0.5) is 0 Å². The molecule has 0 unspecified atom stereocenters. The first-order chi connectivity index (χ1) is 7.13. The van der Waals surface area contributed by atoms with Gasteiger partial charge in [-0.15, -0.1) is 0 Å². The van der Waals surface area contributed by atoms with Gasteiger partial charge in [-0.2, -0.15) is 0 Å². The number of piperidine rings is 1. The zero-order chi connectivity index (χ0) is 11.3. The fraction of sp³-hybridized carbons (Fsp3) is 0.917. The molecule has 0 aromatic rings. The smallest absolute Gasteiger partial charge is 0.223 e. The largest absolute Gasteiger partial charge is 0.353 e. The van der Waals surface area contributed by atoms with Crippen LogP contribution in [0.3, 0.4) is 0 Å². The van der Waals surface area contributed by atoms with Crippen molar-refractivity contribution in [1.82, 2.24) is 10.2 Å². The van der Waals surface area contributed by atoms with Crippen LogP contribution in [-0.4, -0.2) is 37.0 Å². The van der Waals surface area contributed by atoms with Gasteiger partial charge in [-0.25, -0.2) is 0 Å². The second-order valence-corrected chi connectivity index (χ2v) is 4.78. The van der Waals surface area contributed by atoms with Crippen LogP contribution in [0.2, 0.25) is 0 Å². The second kappa shape index (κ2) is 6.11. The number of rotatable bonds is 4. The van der Waals surface area contributed by atoms with Crippen LogP contribution in [0, 0.1) is 5.92 Å². The number of carbonyl (C=O) groups is 1. The number of nitrogens with one attached hydrogen (secondary N) is 1. The normalized spacial score (nSPS) is 21.3. The number of hydrogen-bond acceptors (Lipinski definition) is 2. The Morgan fingerprint density at radius 3 is 2.60 bits per heavy atom. The van der Waals surface area contributed by atoms with Gasteiger partial charge in [0.2, 0.25) is 5.91 Å². The van der Waals surface area contributed by atoms with Crippen molar-refractivity contribution in [2.24, 2.45) is 5.92 Å². The van der Waals surface area contributed by atoms with Gasteiger partial charge in [0.25, 0.3) is 0 Å². The molecule has 1 amide bonds. The molecule has 1 fully saturated rings. The molecule has 1 saturated heterocycles. The molecule has 1 aliphatic rings. The van der Waals surface area contributed by atoms with E-state index in [4.69, 9.17) is 0 Å². The highest BCUT2D eigenvalue weighted by atomic mass is 16.1. The molecule has 1 atom stereocenters. The molecule has 0 radical (unpaired) electrons. The lowest BCUT2D eigenvalue weighted by Crippen LogP contribution is -2.42. The lowest BCUT2D eigenvalue weighted by Gasteiger charge is -2.29. The maximum atomic E-state index is 11.9. The van der Waals surface area contributed by atoms with Gasteiger partial charge < -0.3 is 10.2 Å². The van der Waals surface area contributed by atoms with Crippen molar-refractivity contribution in [1.29, 1.82) is 0 Å². The molecule has 15 heavy (non-hydrogen) atoms. The van der Waals surface area contributed by atoms with Crippen LogP contribution in [0.25, 0.3) is 0 Å². The summed E-state index contributed by atoms with van der Waals surface area (Å²) in [5, 5.41) is 3.11. The molecule has 0 bridgehead atoms. The number of carbonyl (C=O) groups excluding carboxylic acids is 1. The molecule has 1 aliphatic heterocycles. The lowest BCUT2D eigenvalue weighted by atomic mass is 9.96. The van der Waals surface area contributed by atoms with E-state index in [-0.39, 0.29) is 11.8 Å². The Balaban J connectivity index is 2.27. The highest BCUT2D eigenvalue weighted by molar-refractivity contribution is 5.79. The van der Waals surface area contributed by atoms with Crippen LogP contribution in [-0.2, 0) is 4.79 Å². The van der Waals surface area contributed by atoms with Crippen LogP contribution < -0.4 is 5.32 Å². The third-order valence-electron chi connectivity index (χ3n) is 3.20. The third kappa shape index (κ3) is 4.20. The van der Waals surface area contributed by atoms with E-state index in [1.165, 1.54) is 0 Å². The molecule has 1 N–H and O–H groups in total. The van der Waals surface area contributed by atoms with E-state index in [1.54, 1.807) is 0 Å². The summed E-state index contributed by atoms with van der Waals surface area (Å²) < 4.78 is 0. The number of likely N-dealkylation sites (tertiary alicyclic amines) is 1. The first-order valence-electron chi connectivity index (χ1n) is 6.12. The van der Waals surface area contributed by atoms with Crippen molar-refractivity contribution in [3.8, 4) is 0 Å². The average molecular weight is 212 g/mol. The van der Waals surface area contributed by atoms with Crippen molar-refractivity contribution in [3.63, 3.8) is 0 Å². The van der Waals surface area contributed by atoms with E-state index >= 15 is 0 Å². The van der Waals surface area contributed by atoms with Crippen molar-refractivity contribution in [2.75, 3.05) is 20.1 Å². The van der Waals surface area contributed by atoms with Crippen LogP contribution in [0.1, 0.15) is 39.5 Å². The van der Waals surface area contributed by atoms with Gasteiger partial charge in [-0.1, -0.05) is 13.3 Å². The number of nitrogens with zero attached hydrogens (tertiary/aromatic N) is 1. The van der Waals surface area contributed by atoms with Crippen molar-refractivity contribution in [2.45, 2.75) is 45.6 Å². The van der Waals surface area contributed by atoms with Crippen molar-refractivity contribution in [3.05, 3.63) is 0 Å². The first kappa shape index (κ1) is 12.5. The molecule has 1 heterocycles. The fourth-order valence-electron chi connectivity index (χ4n) is 2.14. The Morgan fingerprint density at radius 1 is 1.47 bits per heavy atom. The third-order valence-corrected chi connectivity index (χ3v) is 3.20. The quantitative estimate of drug-likeness (QED) is 0.768. The summed E-state index contributed by atoms with van der Waals surface area (Å²) in [6.07, 6.45) is 4.25. The van der Waals surface area contributed by atoms with Crippen molar-refractivity contribution < 1.29 is 4.79 Å². The Kier molecular flexibility index (Phi) is 5.09. The summed E-state index contributed by atoms with van der Waals surface area (Å²) in [5.74, 6) is 0.518. The molecule has 1 rings (SSSR count). The Labute approximate surface area is 93.2 Å². The summed E-state index contributed by atoms with van der Waals surface area (Å²) in [7, 11) is 2.12. The molecule has 0 aromatic heterocycles. The molecule has 0 spiro atoms. The summed E-state index contributed by atoms with van der Waals surface area (Å²) in [6, 6.07) is 0.335. The zero-order valence-corrected chi connectivity index (χ0v) is 10.3. The SMILES string of the molecule is CCC[C@@H](C)NC(=O)C1CCN(C)CC1. The van der Waals surface area contributed by atoms with E-state index in [2.05, 4.69) is 31.1 Å². The molecule has 0 aliphatic carbocycles. The zero-order valence-electron chi connectivity index (χ0n) is 10.3. The minimum Gasteiger partial charge on any atom is -0.353 e. The maximum absolute atomic E-state index is 11.9. The molecule has 88 valence electrons. The van der Waals surface area contributed by atoms with Crippen LogP contribution in [0.5, 0.6) is 0 Å². The minimum atomic E-state index is 0.250. The fourth-order valence-corrected chi connectivity index (χ4v) is 2.14. The van der Waals surface area contributed by atoms with Gasteiger partial charge in [0.05, 0.1) is 0 Å². The molecular formula is C12H24N2O. The number of amides is 1. The summed E-state index contributed by atoms with van der Waals surface area (Å²) in [6.45, 7) is 6.36. The van der Waals surface area contributed by atoms with E-state index in [0.717, 1.165) is 38.8 Å². The second-order valence-electron chi connectivity index (χ2n) is 4.78.